The smallest absolute Gasteiger partial charge is 0.270 e. The summed E-state index contributed by atoms with van der Waals surface area (Å²) in [7, 11) is 1.42. The van der Waals surface area contributed by atoms with Crippen molar-refractivity contribution in [3.63, 3.8) is 0 Å². The fourth-order valence-electron chi connectivity index (χ4n) is 2.34. The summed E-state index contributed by atoms with van der Waals surface area (Å²) in [6.45, 7) is 1.26. The van der Waals surface area contributed by atoms with E-state index in [1.54, 1.807) is 4.90 Å². The van der Waals surface area contributed by atoms with Crippen molar-refractivity contribution < 1.29 is 14.5 Å². The number of likely N-dealkylation sites (tertiary alicyclic amines) is 1. The Morgan fingerprint density at radius 2 is 2.14 bits per heavy atom. The number of methoxy groups -OCH3 is 1. The topological polar surface area (TPSA) is 96.5 Å². The standard InChI is InChI=1S/C15H15N3O4/c1-22-14-5-4-13(18(20)21)9-11(14)8-12(10-16)15(19)17-6-2-3-7-17/h4-5,8-9H,2-3,6-7H2,1H3/b12-8+. The van der Waals surface area contributed by atoms with Gasteiger partial charge < -0.3 is 9.64 Å². The zero-order valence-electron chi connectivity index (χ0n) is 12.1. The Morgan fingerprint density at radius 1 is 1.45 bits per heavy atom. The van der Waals surface area contributed by atoms with Gasteiger partial charge in [-0.05, 0) is 25.0 Å². The van der Waals surface area contributed by atoms with Gasteiger partial charge in [-0.2, -0.15) is 5.26 Å². The highest BCUT2D eigenvalue weighted by Crippen LogP contribution is 2.26. The number of carbonyl (C=O) groups excluding carboxylic acids is 1. The molecule has 22 heavy (non-hydrogen) atoms. The molecule has 0 aromatic heterocycles. The Bertz CT molecular complexity index is 670. The van der Waals surface area contributed by atoms with E-state index in [1.807, 2.05) is 6.07 Å². The second-order valence-corrected chi connectivity index (χ2v) is 4.85. The van der Waals surface area contributed by atoms with E-state index in [0.29, 0.717) is 24.4 Å². The van der Waals surface area contributed by atoms with Crippen LogP contribution in [0.2, 0.25) is 0 Å². The molecule has 1 aromatic rings. The van der Waals surface area contributed by atoms with E-state index in [2.05, 4.69) is 0 Å². The Morgan fingerprint density at radius 3 is 2.68 bits per heavy atom. The Balaban J connectivity index is 2.39. The number of rotatable bonds is 4. The third-order valence-electron chi connectivity index (χ3n) is 3.47. The van der Waals surface area contributed by atoms with Gasteiger partial charge in [0, 0.05) is 30.8 Å². The first-order valence-electron chi connectivity index (χ1n) is 6.80. The first kappa shape index (κ1) is 15.5. The zero-order chi connectivity index (χ0) is 16.1. The normalized spacial score (nSPS) is 14.5. The van der Waals surface area contributed by atoms with E-state index >= 15 is 0 Å². The minimum atomic E-state index is -0.537. The maximum Gasteiger partial charge on any atom is 0.270 e. The fourth-order valence-corrected chi connectivity index (χ4v) is 2.34. The van der Waals surface area contributed by atoms with Crippen molar-refractivity contribution >= 4 is 17.7 Å². The molecule has 1 aliphatic rings. The number of carbonyl (C=O) groups is 1. The van der Waals surface area contributed by atoms with Crippen LogP contribution in [0.1, 0.15) is 18.4 Å². The highest BCUT2D eigenvalue weighted by molar-refractivity contribution is 6.02. The molecule has 1 heterocycles. The lowest BCUT2D eigenvalue weighted by Crippen LogP contribution is -2.28. The monoisotopic (exact) mass is 301 g/mol. The first-order valence-corrected chi connectivity index (χ1v) is 6.80. The van der Waals surface area contributed by atoms with Gasteiger partial charge in [0.2, 0.25) is 0 Å². The zero-order valence-corrected chi connectivity index (χ0v) is 12.1. The second kappa shape index (κ2) is 6.72. The first-order chi connectivity index (χ1) is 10.6. The number of amides is 1. The van der Waals surface area contributed by atoms with Crippen molar-refractivity contribution in [2.24, 2.45) is 0 Å². The van der Waals surface area contributed by atoms with Gasteiger partial charge in [0.05, 0.1) is 12.0 Å². The van der Waals surface area contributed by atoms with Gasteiger partial charge in [-0.3, -0.25) is 14.9 Å². The SMILES string of the molecule is COc1ccc([N+](=O)[O-])cc1/C=C(\C#N)C(=O)N1CCCC1. The van der Waals surface area contributed by atoms with Crippen molar-refractivity contribution in [1.29, 1.82) is 5.26 Å². The summed E-state index contributed by atoms with van der Waals surface area (Å²) in [5.41, 5.74) is 0.152. The van der Waals surface area contributed by atoms with Crippen molar-refractivity contribution in [3.05, 3.63) is 39.4 Å². The van der Waals surface area contributed by atoms with Gasteiger partial charge in [0.1, 0.15) is 17.4 Å². The molecule has 0 spiro atoms. The molecule has 1 amide bonds. The maximum absolute atomic E-state index is 12.3. The summed E-state index contributed by atoms with van der Waals surface area (Å²) in [5, 5.41) is 20.1. The largest absolute Gasteiger partial charge is 0.496 e. The van der Waals surface area contributed by atoms with Crippen molar-refractivity contribution in [1.82, 2.24) is 4.90 Å². The minimum Gasteiger partial charge on any atom is -0.496 e. The van der Waals surface area contributed by atoms with Crippen LogP contribution in [0, 0.1) is 21.4 Å². The third-order valence-corrected chi connectivity index (χ3v) is 3.47. The van der Waals surface area contributed by atoms with Crippen LogP contribution in [-0.4, -0.2) is 35.9 Å². The van der Waals surface area contributed by atoms with Gasteiger partial charge in [-0.15, -0.1) is 0 Å². The summed E-state index contributed by atoms with van der Waals surface area (Å²) in [5.74, 6) is 0.0149. The van der Waals surface area contributed by atoms with Crippen LogP contribution in [0.3, 0.4) is 0 Å². The number of ether oxygens (including phenoxy) is 1. The molecule has 0 unspecified atom stereocenters. The number of non-ortho nitro benzene ring substituents is 1. The minimum absolute atomic E-state index is 0.0549. The molecular formula is C15H15N3O4. The number of hydrogen-bond acceptors (Lipinski definition) is 5. The van der Waals surface area contributed by atoms with Crippen LogP contribution in [0.25, 0.3) is 6.08 Å². The van der Waals surface area contributed by atoms with Crippen LogP contribution in [0.15, 0.2) is 23.8 Å². The Labute approximate surface area is 127 Å². The van der Waals surface area contributed by atoms with E-state index in [1.165, 1.54) is 31.4 Å². The third kappa shape index (κ3) is 3.23. The quantitative estimate of drug-likeness (QED) is 0.367. The number of benzene rings is 1. The van der Waals surface area contributed by atoms with Crippen LogP contribution in [-0.2, 0) is 4.79 Å². The predicted molar refractivity (Wildman–Crippen MR) is 79.1 cm³/mol. The summed E-state index contributed by atoms with van der Waals surface area (Å²) >= 11 is 0. The molecule has 1 fully saturated rings. The molecule has 0 bridgehead atoms. The van der Waals surface area contributed by atoms with E-state index in [-0.39, 0.29) is 17.2 Å². The molecule has 1 aromatic carbocycles. The van der Waals surface area contributed by atoms with Gasteiger partial charge in [0.15, 0.2) is 0 Å². The van der Waals surface area contributed by atoms with Gasteiger partial charge >= 0.3 is 0 Å². The number of nitrogens with zero attached hydrogens (tertiary/aromatic N) is 3. The summed E-state index contributed by atoms with van der Waals surface area (Å²) < 4.78 is 5.13. The molecule has 2 rings (SSSR count). The second-order valence-electron chi connectivity index (χ2n) is 4.85. The molecule has 0 saturated carbocycles. The fraction of sp³-hybridized carbons (Fsp3) is 0.333. The molecule has 114 valence electrons. The molecular weight excluding hydrogens is 286 g/mol. The average molecular weight is 301 g/mol. The van der Waals surface area contributed by atoms with E-state index in [9.17, 15) is 20.2 Å². The van der Waals surface area contributed by atoms with Gasteiger partial charge in [-0.1, -0.05) is 0 Å². The van der Waals surface area contributed by atoms with Crippen LogP contribution >= 0.6 is 0 Å². The van der Waals surface area contributed by atoms with Crippen LogP contribution in [0.4, 0.5) is 5.69 Å². The number of hydrogen-bond donors (Lipinski definition) is 0. The predicted octanol–water partition coefficient (Wildman–Crippen LogP) is 2.13. The highest BCUT2D eigenvalue weighted by atomic mass is 16.6. The highest BCUT2D eigenvalue weighted by Gasteiger charge is 2.22. The lowest BCUT2D eigenvalue weighted by Gasteiger charge is -2.14. The van der Waals surface area contributed by atoms with E-state index < -0.39 is 4.92 Å². The van der Waals surface area contributed by atoms with Crippen molar-refractivity contribution in [2.45, 2.75) is 12.8 Å². The lowest BCUT2D eigenvalue weighted by molar-refractivity contribution is -0.384. The number of nitro benzene ring substituents is 1. The molecule has 0 radical (unpaired) electrons. The average Bonchev–Trinajstić information content (AvgIpc) is 3.06. The molecule has 0 aliphatic carbocycles. The van der Waals surface area contributed by atoms with Crippen LogP contribution in [0.5, 0.6) is 5.75 Å². The van der Waals surface area contributed by atoms with Crippen molar-refractivity contribution in [3.8, 4) is 11.8 Å². The Kier molecular flexibility index (Phi) is 4.73. The summed E-state index contributed by atoms with van der Waals surface area (Å²) in [4.78, 5) is 24.2. The molecule has 1 aliphatic heterocycles. The molecule has 7 heteroatoms. The van der Waals surface area contributed by atoms with E-state index in [0.717, 1.165) is 12.8 Å². The van der Waals surface area contributed by atoms with Gasteiger partial charge in [-0.25, -0.2) is 0 Å². The van der Waals surface area contributed by atoms with E-state index in [4.69, 9.17) is 4.74 Å². The molecule has 0 N–H and O–H groups in total. The lowest BCUT2D eigenvalue weighted by atomic mass is 10.1. The van der Waals surface area contributed by atoms with Crippen LogP contribution < -0.4 is 4.74 Å². The maximum atomic E-state index is 12.3. The number of nitriles is 1. The summed E-state index contributed by atoms with van der Waals surface area (Å²) in [6, 6.07) is 5.91. The number of nitro groups is 1. The Hall–Kier alpha value is -2.88. The molecule has 0 atom stereocenters. The van der Waals surface area contributed by atoms with Crippen molar-refractivity contribution in [2.75, 3.05) is 20.2 Å². The summed E-state index contributed by atoms with van der Waals surface area (Å²) in [6.07, 6.45) is 3.18. The van der Waals surface area contributed by atoms with Gasteiger partial charge in [0.25, 0.3) is 11.6 Å². The molecule has 1 saturated heterocycles. The molecule has 7 nitrogen and oxygen atoms in total.